The van der Waals surface area contributed by atoms with Gasteiger partial charge in [0.15, 0.2) is 0 Å². The number of methoxy groups -OCH3 is 1. The molecule has 0 aromatic heterocycles. The summed E-state index contributed by atoms with van der Waals surface area (Å²) in [5.41, 5.74) is 0.881. The average Bonchev–Trinajstić information content (AvgIpc) is 3.45. The molecule has 0 spiro atoms. The summed E-state index contributed by atoms with van der Waals surface area (Å²) in [5.74, 6) is 1.23. The van der Waals surface area contributed by atoms with Crippen molar-refractivity contribution in [3.63, 3.8) is 0 Å². The second-order valence-electron chi connectivity index (χ2n) is 7.06. The van der Waals surface area contributed by atoms with Crippen LogP contribution in [-0.4, -0.2) is 56.8 Å². The minimum absolute atomic E-state index is 0.165. The lowest BCUT2D eigenvalue weighted by atomic mass is 10.0. The van der Waals surface area contributed by atoms with Crippen LogP contribution in [-0.2, 0) is 14.8 Å². The standard InChI is InChI=1S/C18H26N2O4S/c1-13(2)16-12-15(6-7-17(16)24-3)25(22,23)20-10-8-19(9-11-20)18(21)14-4-5-14/h6-7,12-14H,4-5,8-11H2,1-3H3. The van der Waals surface area contributed by atoms with Crippen molar-refractivity contribution in [1.29, 1.82) is 0 Å². The van der Waals surface area contributed by atoms with Crippen molar-refractivity contribution in [2.75, 3.05) is 33.3 Å². The van der Waals surface area contributed by atoms with Gasteiger partial charge in [0.25, 0.3) is 0 Å². The van der Waals surface area contributed by atoms with E-state index >= 15 is 0 Å². The zero-order chi connectivity index (χ0) is 18.2. The largest absolute Gasteiger partial charge is 0.496 e. The molecule has 1 aliphatic carbocycles. The summed E-state index contributed by atoms with van der Waals surface area (Å²) in [5, 5.41) is 0. The first-order valence-corrected chi connectivity index (χ1v) is 10.3. The lowest BCUT2D eigenvalue weighted by Crippen LogP contribution is -2.50. The van der Waals surface area contributed by atoms with Gasteiger partial charge in [-0.1, -0.05) is 13.8 Å². The normalized spacial score (nSPS) is 19.3. The van der Waals surface area contributed by atoms with E-state index in [0.717, 1.165) is 18.4 Å². The Morgan fingerprint density at radius 1 is 1.16 bits per heavy atom. The number of rotatable bonds is 5. The minimum atomic E-state index is -3.56. The van der Waals surface area contributed by atoms with Gasteiger partial charge in [-0.2, -0.15) is 4.31 Å². The number of hydrogen-bond acceptors (Lipinski definition) is 4. The highest BCUT2D eigenvalue weighted by molar-refractivity contribution is 7.89. The number of carbonyl (C=O) groups excluding carboxylic acids is 1. The summed E-state index contributed by atoms with van der Waals surface area (Å²) in [6, 6.07) is 5.03. The molecule has 0 N–H and O–H groups in total. The van der Waals surface area contributed by atoms with Crippen molar-refractivity contribution in [1.82, 2.24) is 9.21 Å². The summed E-state index contributed by atoms with van der Waals surface area (Å²) in [6.45, 7) is 5.67. The molecule has 1 aliphatic heterocycles. The Morgan fingerprint density at radius 3 is 2.32 bits per heavy atom. The topological polar surface area (TPSA) is 66.9 Å². The Bertz CT molecular complexity index is 748. The van der Waals surface area contributed by atoms with Gasteiger partial charge in [0.2, 0.25) is 15.9 Å². The fourth-order valence-corrected chi connectivity index (χ4v) is 4.67. The van der Waals surface area contributed by atoms with Crippen molar-refractivity contribution in [2.45, 2.75) is 37.5 Å². The lowest BCUT2D eigenvalue weighted by molar-refractivity contribution is -0.133. The molecule has 0 atom stereocenters. The van der Waals surface area contributed by atoms with Crippen molar-refractivity contribution in [3.8, 4) is 5.75 Å². The molecule has 1 aromatic rings. The molecule has 0 radical (unpaired) electrons. The highest BCUT2D eigenvalue weighted by Crippen LogP contribution is 2.32. The number of piperazine rings is 1. The van der Waals surface area contributed by atoms with Gasteiger partial charge in [0, 0.05) is 32.1 Å². The van der Waals surface area contributed by atoms with Gasteiger partial charge in [-0.15, -0.1) is 0 Å². The molecule has 138 valence electrons. The summed E-state index contributed by atoms with van der Waals surface area (Å²) in [7, 11) is -1.97. The van der Waals surface area contributed by atoms with Crippen molar-refractivity contribution < 1.29 is 17.9 Å². The number of amides is 1. The monoisotopic (exact) mass is 366 g/mol. The van der Waals surface area contributed by atoms with E-state index in [0.29, 0.717) is 36.8 Å². The third-order valence-electron chi connectivity index (χ3n) is 4.94. The van der Waals surface area contributed by atoms with Gasteiger partial charge in [0.1, 0.15) is 5.75 Å². The maximum absolute atomic E-state index is 13.0. The van der Waals surface area contributed by atoms with Crippen LogP contribution in [0, 0.1) is 5.92 Å². The van der Waals surface area contributed by atoms with E-state index in [4.69, 9.17) is 4.74 Å². The van der Waals surface area contributed by atoms with E-state index in [2.05, 4.69) is 0 Å². The molecule has 1 amide bonds. The number of hydrogen-bond donors (Lipinski definition) is 0. The lowest BCUT2D eigenvalue weighted by Gasteiger charge is -2.34. The summed E-state index contributed by atoms with van der Waals surface area (Å²) < 4.78 is 32.7. The van der Waals surface area contributed by atoms with Crippen LogP contribution in [0.15, 0.2) is 23.1 Å². The predicted octanol–water partition coefficient (Wildman–Crippen LogP) is 2.06. The first kappa shape index (κ1) is 18.2. The summed E-state index contributed by atoms with van der Waals surface area (Å²) in [4.78, 5) is 14.2. The Balaban J connectivity index is 1.76. The number of benzene rings is 1. The quantitative estimate of drug-likeness (QED) is 0.800. The Hall–Kier alpha value is -1.60. The molecule has 6 nitrogen and oxygen atoms in total. The summed E-state index contributed by atoms with van der Waals surface area (Å²) in [6.07, 6.45) is 1.95. The third-order valence-corrected chi connectivity index (χ3v) is 6.83. The van der Waals surface area contributed by atoms with E-state index in [-0.39, 0.29) is 17.7 Å². The first-order valence-electron chi connectivity index (χ1n) is 8.81. The molecular formula is C18H26N2O4S. The van der Waals surface area contributed by atoms with Crippen LogP contribution in [0.3, 0.4) is 0 Å². The number of ether oxygens (including phenoxy) is 1. The molecule has 3 rings (SSSR count). The van der Waals surface area contributed by atoms with Crippen LogP contribution in [0.25, 0.3) is 0 Å². The second-order valence-corrected chi connectivity index (χ2v) is 9.00. The van der Waals surface area contributed by atoms with E-state index < -0.39 is 10.0 Å². The first-order chi connectivity index (χ1) is 11.8. The van der Waals surface area contributed by atoms with Gasteiger partial charge < -0.3 is 9.64 Å². The van der Waals surface area contributed by atoms with E-state index in [1.165, 1.54) is 4.31 Å². The zero-order valence-electron chi connectivity index (χ0n) is 15.1. The fourth-order valence-electron chi connectivity index (χ4n) is 3.21. The molecule has 2 aliphatic rings. The molecule has 25 heavy (non-hydrogen) atoms. The Labute approximate surface area is 149 Å². The minimum Gasteiger partial charge on any atom is -0.496 e. The SMILES string of the molecule is COc1ccc(S(=O)(=O)N2CCN(C(=O)C3CC3)CC2)cc1C(C)C. The van der Waals surface area contributed by atoms with Crippen molar-refractivity contribution in [3.05, 3.63) is 23.8 Å². The number of sulfonamides is 1. The highest BCUT2D eigenvalue weighted by atomic mass is 32.2. The Kier molecular flexibility index (Phi) is 5.06. The van der Waals surface area contributed by atoms with Crippen LogP contribution < -0.4 is 4.74 Å². The zero-order valence-corrected chi connectivity index (χ0v) is 15.9. The van der Waals surface area contributed by atoms with Crippen LogP contribution in [0.1, 0.15) is 38.2 Å². The molecule has 2 fully saturated rings. The van der Waals surface area contributed by atoms with E-state index in [9.17, 15) is 13.2 Å². The predicted molar refractivity (Wildman–Crippen MR) is 95.1 cm³/mol. The molecular weight excluding hydrogens is 340 g/mol. The molecule has 1 saturated heterocycles. The molecule has 1 heterocycles. The molecule has 7 heteroatoms. The van der Waals surface area contributed by atoms with Gasteiger partial charge in [-0.3, -0.25) is 4.79 Å². The summed E-state index contributed by atoms with van der Waals surface area (Å²) >= 11 is 0. The third kappa shape index (κ3) is 3.67. The van der Waals surface area contributed by atoms with E-state index in [1.807, 2.05) is 13.8 Å². The van der Waals surface area contributed by atoms with Gasteiger partial charge in [-0.25, -0.2) is 8.42 Å². The second kappa shape index (κ2) is 6.96. The molecule has 1 aromatic carbocycles. The van der Waals surface area contributed by atoms with Crippen LogP contribution in [0.2, 0.25) is 0 Å². The van der Waals surface area contributed by atoms with Crippen LogP contribution in [0.5, 0.6) is 5.75 Å². The number of nitrogens with zero attached hydrogens (tertiary/aromatic N) is 2. The van der Waals surface area contributed by atoms with Crippen LogP contribution in [0.4, 0.5) is 0 Å². The Morgan fingerprint density at radius 2 is 1.80 bits per heavy atom. The van der Waals surface area contributed by atoms with Crippen molar-refractivity contribution in [2.24, 2.45) is 5.92 Å². The van der Waals surface area contributed by atoms with Gasteiger partial charge in [-0.05, 0) is 42.5 Å². The smallest absolute Gasteiger partial charge is 0.243 e. The maximum atomic E-state index is 13.0. The fraction of sp³-hybridized carbons (Fsp3) is 0.611. The van der Waals surface area contributed by atoms with Gasteiger partial charge in [0.05, 0.1) is 12.0 Å². The highest BCUT2D eigenvalue weighted by Gasteiger charge is 2.36. The molecule has 1 saturated carbocycles. The van der Waals surface area contributed by atoms with Gasteiger partial charge >= 0.3 is 0 Å². The number of carbonyl (C=O) groups is 1. The van der Waals surface area contributed by atoms with Crippen molar-refractivity contribution >= 4 is 15.9 Å². The van der Waals surface area contributed by atoms with E-state index in [1.54, 1.807) is 30.2 Å². The average molecular weight is 366 g/mol. The molecule has 0 unspecified atom stereocenters. The van der Waals surface area contributed by atoms with Crippen LogP contribution >= 0.6 is 0 Å². The molecule has 0 bridgehead atoms. The maximum Gasteiger partial charge on any atom is 0.243 e.